The van der Waals surface area contributed by atoms with Crippen LogP contribution in [0.25, 0.3) is 0 Å². The highest BCUT2D eigenvalue weighted by atomic mass is 32.2. The standard InChI is InChI=1S/C11H21NO5S/c1-8(2)6-9(11(14)15)7-12-10(13)4-5-18(3,16)17/h8-9H,4-7H2,1-3H3,(H,12,13)(H,14,15). The quantitative estimate of drug-likeness (QED) is 0.665. The fourth-order valence-electron chi connectivity index (χ4n) is 1.44. The maximum Gasteiger partial charge on any atom is 0.308 e. The van der Waals surface area contributed by atoms with Crippen LogP contribution in [0, 0.1) is 11.8 Å². The summed E-state index contributed by atoms with van der Waals surface area (Å²) in [4.78, 5) is 22.3. The van der Waals surface area contributed by atoms with Gasteiger partial charge in [0.2, 0.25) is 5.91 Å². The molecule has 106 valence electrons. The molecule has 1 unspecified atom stereocenters. The Hall–Kier alpha value is -1.11. The Kier molecular flexibility index (Phi) is 6.90. The molecule has 0 saturated carbocycles. The highest BCUT2D eigenvalue weighted by Gasteiger charge is 2.19. The van der Waals surface area contributed by atoms with E-state index in [4.69, 9.17) is 5.11 Å². The topological polar surface area (TPSA) is 101 Å². The van der Waals surface area contributed by atoms with Crippen molar-refractivity contribution in [3.05, 3.63) is 0 Å². The maximum atomic E-state index is 11.3. The Bertz CT molecular complexity index is 388. The monoisotopic (exact) mass is 279 g/mol. The zero-order valence-corrected chi connectivity index (χ0v) is 11.8. The molecule has 0 spiro atoms. The molecule has 0 bridgehead atoms. The van der Waals surface area contributed by atoms with Crippen molar-refractivity contribution in [3.63, 3.8) is 0 Å². The van der Waals surface area contributed by atoms with E-state index in [2.05, 4.69) is 5.32 Å². The van der Waals surface area contributed by atoms with Gasteiger partial charge in [-0.1, -0.05) is 13.8 Å². The predicted octanol–water partition coefficient (Wildman–Crippen LogP) is 0.284. The Balaban J connectivity index is 4.12. The van der Waals surface area contributed by atoms with E-state index >= 15 is 0 Å². The van der Waals surface area contributed by atoms with Gasteiger partial charge in [-0.15, -0.1) is 0 Å². The molecule has 0 aliphatic rings. The van der Waals surface area contributed by atoms with Crippen LogP contribution in [0.1, 0.15) is 26.7 Å². The van der Waals surface area contributed by atoms with Crippen LogP contribution in [0.4, 0.5) is 0 Å². The van der Waals surface area contributed by atoms with Crippen molar-refractivity contribution < 1.29 is 23.1 Å². The van der Waals surface area contributed by atoms with Gasteiger partial charge in [-0.3, -0.25) is 9.59 Å². The van der Waals surface area contributed by atoms with Crippen LogP contribution in [0.2, 0.25) is 0 Å². The molecule has 0 aliphatic carbocycles. The first-order valence-electron chi connectivity index (χ1n) is 5.79. The fraction of sp³-hybridized carbons (Fsp3) is 0.818. The van der Waals surface area contributed by atoms with Gasteiger partial charge in [0.25, 0.3) is 0 Å². The molecule has 6 nitrogen and oxygen atoms in total. The molecule has 0 saturated heterocycles. The average molecular weight is 279 g/mol. The highest BCUT2D eigenvalue weighted by molar-refractivity contribution is 7.90. The summed E-state index contributed by atoms with van der Waals surface area (Å²) >= 11 is 0. The number of hydrogen-bond acceptors (Lipinski definition) is 4. The molecule has 0 aliphatic heterocycles. The molecule has 2 N–H and O–H groups in total. The molecule has 0 aromatic rings. The lowest BCUT2D eigenvalue weighted by atomic mass is 9.97. The summed E-state index contributed by atoms with van der Waals surface area (Å²) < 4.78 is 21.7. The van der Waals surface area contributed by atoms with Crippen molar-refractivity contribution in [2.24, 2.45) is 11.8 Å². The number of carbonyl (C=O) groups is 2. The van der Waals surface area contributed by atoms with Crippen LogP contribution in [0.15, 0.2) is 0 Å². The number of carbonyl (C=O) groups excluding carboxylic acids is 1. The molecule has 1 amide bonds. The van der Waals surface area contributed by atoms with Crippen molar-refractivity contribution in [2.45, 2.75) is 26.7 Å². The predicted molar refractivity (Wildman–Crippen MR) is 67.9 cm³/mol. The zero-order valence-electron chi connectivity index (χ0n) is 11.0. The minimum absolute atomic E-state index is 0.0378. The molecule has 7 heteroatoms. The second kappa shape index (κ2) is 7.35. The minimum Gasteiger partial charge on any atom is -0.481 e. The van der Waals surface area contributed by atoms with Gasteiger partial charge >= 0.3 is 5.97 Å². The van der Waals surface area contributed by atoms with E-state index in [9.17, 15) is 18.0 Å². The van der Waals surface area contributed by atoms with Gasteiger partial charge in [0.05, 0.1) is 11.7 Å². The number of sulfone groups is 1. The summed E-state index contributed by atoms with van der Waals surface area (Å²) in [6, 6.07) is 0. The first kappa shape index (κ1) is 16.9. The molecule has 18 heavy (non-hydrogen) atoms. The highest BCUT2D eigenvalue weighted by Crippen LogP contribution is 2.11. The second-order valence-corrected chi connectivity index (χ2v) is 7.11. The summed E-state index contributed by atoms with van der Waals surface area (Å²) in [7, 11) is -3.17. The first-order valence-corrected chi connectivity index (χ1v) is 7.85. The van der Waals surface area contributed by atoms with Crippen LogP contribution in [-0.4, -0.2) is 44.0 Å². The second-order valence-electron chi connectivity index (χ2n) is 4.85. The van der Waals surface area contributed by atoms with E-state index in [1.807, 2.05) is 13.8 Å². The largest absolute Gasteiger partial charge is 0.481 e. The van der Waals surface area contributed by atoms with Crippen LogP contribution in [-0.2, 0) is 19.4 Å². The van der Waals surface area contributed by atoms with Crippen molar-refractivity contribution in [1.29, 1.82) is 0 Å². The lowest BCUT2D eigenvalue weighted by Crippen LogP contribution is -2.34. The Morgan fingerprint density at radius 2 is 1.83 bits per heavy atom. The fourth-order valence-corrected chi connectivity index (χ4v) is 2.00. The number of rotatable bonds is 8. The van der Waals surface area contributed by atoms with Gasteiger partial charge in [0, 0.05) is 19.2 Å². The number of aliphatic carboxylic acids is 1. The van der Waals surface area contributed by atoms with Crippen LogP contribution >= 0.6 is 0 Å². The third kappa shape index (κ3) is 8.98. The minimum atomic E-state index is -3.17. The molecule has 0 heterocycles. The van der Waals surface area contributed by atoms with Crippen LogP contribution in [0.5, 0.6) is 0 Å². The van der Waals surface area contributed by atoms with E-state index in [1.54, 1.807) is 0 Å². The third-order valence-corrected chi connectivity index (χ3v) is 3.30. The molecule has 1 atom stereocenters. The van der Waals surface area contributed by atoms with Gasteiger partial charge in [-0.05, 0) is 12.3 Å². The van der Waals surface area contributed by atoms with Gasteiger partial charge in [-0.25, -0.2) is 8.42 Å². The normalized spacial score (nSPS) is 13.3. The van der Waals surface area contributed by atoms with Crippen molar-refractivity contribution >= 4 is 21.7 Å². The Labute approximate surface area is 108 Å². The van der Waals surface area contributed by atoms with E-state index in [0.29, 0.717) is 6.42 Å². The van der Waals surface area contributed by atoms with Gasteiger partial charge in [0.1, 0.15) is 9.84 Å². The van der Waals surface area contributed by atoms with Gasteiger partial charge in [-0.2, -0.15) is 0 Å². The lowest BCUT2D eigenvalue weighted by Gasteiger charge is -2.15. The number of nitrogens with one attached hydrogen (secondary N) is 1. The molecule has 0 rings (SSSR count). The SMILES string of the molecule is CC(C)CC(CNC(=O)CCS(C)(=O)=O)C(=O)O. The first-order chi connectivity index (χ1) is 8.11. The van der Waals surface area contributed by atoms with Gasteiger partial charge < -0.3 is 10.4 Å². The lowest BCUT2D eigenvalue weighted by molar-refractivity contribution is -0.142. The molecule has 0 aromatic heterocycles. The Morgan fingerprint density at radius 1 is 1.28 bits per heavy atom. The number of amides is 1. The Morgan fingerprint density at radius 3 is 2.22 bits per heavy atom. The molecular formula is C11H21NO5S. The summed E-state index contributed by atoms with van der Waals surface area (Å²) in [5.74, 6) is -2.02. The molecular weight excluding hydrogens is 258 g/mol. The van der Waals surface area contributed by atoms with E-state index in [1.165, 1.54) is 0 Å². The molecule has 0 radical (unpaired) electrons. The van der Waals surface area contributed by atoms with E-state index in [0.717, 1.165) is 6.26 Å². The van der Waals surface area contributed by atoms with Crippen LogP contribution < -0.4 is 5.32 Å². The van der Waals surface area contributed by atoms with E-state index in [-0.39, 0.29) is 24.6 Å². The summed E-state index contributed by atoms with van der Waals surface area (Å²) in [6.45, 7) is 3.85. The van der Waals surface area contributed by atoms with Crippen molar-refractivity contribution in [1.82, 2.24) is 5.32 Å². The summed E-state index contributed by atoms with van der Waals surface area (Å²) in [6.07, 6.45) is 1.40. The average Bonchev–Trinajstić information content (AvgIpc) is 2.19. The van der Waals surface area contributed by atoms with Gasteiger partial charge in [0.15, 0.2) is 0 Å². The van der Waals surface area contributed by atoms with Crippen LogP contribution in [0.3, 0.4) is 0 Å². The number of carboxylic acids is 1. The molecule has 0 fully saturated rings. The van der Waals surface area contributed by atoms with Crippen molar-refractivity contribution in [2.75, 3.05) is 18.6 Å². The molecule has 0 aromatic carbocycles. The number of hydrogen-bond donors (Lipinski definition) is 2. The summed E-state index contributed by atoms with van der Waals surface area (Å²) in [5.41, 5.74) is 0. The zero-order chi connectivity index (χ0) is 14.3. The maximum absolute atomic E-state index is 11.3. The third-order valence-electron chi connectivity index (χ3n) is 2.35. The summed E-state index contributed by atoms with van der Waals surface area (Å²) in [5, 5.41) is 11.4. The smallest absolute Gasteiger partial charge is 0.308 e. The number of carboxylic acid groups (broad SMARTS) is 1. The van der Waals surface area contributed by atoms with E-state index < -0.39 is 27.6 Å². The van der Waals surface area contributed by atoms with Crippen molar-refractivity contribution in [3.8, 4) is 0 Å².